The maximum absolute atomic E-state index is 7.92. The quantitative estimate of drug-likeness (QED) is 0.160. The average Bonchev–Trinajstić information content (AvgIpc) is 0.683. The minimum absolute atomic E-state index is 0.0775. The molecule has 12 saturated carbocycles. The zero-order valence-electron chi connectivity index (χ0n) is 56.5. The van der Waals surface area contributed by atoms with E-state index in [1.165, 1.54) is 238 Å². The van der Waals surface area contributed by atoms with Gasteiger partial charge in [0.1, 0.15) is 46.0 Å². The van der Waals surface area contributed by atoms with Gasteiger partial charge in [-0.15, -0.1) is 0 Å². The summed E-state index contributed by atoms with van der Waals surface area (Å²) in [5.41, 5.74) is 28.6. The van der Waals surface area contributed by atoms with Crippen molar-refractivity contribution < 1.29 is 18.9 Å². The summed E-state index contributed by atoms with van der Waals surface area (Å²) >= 11 is 0. The van der Waals surface area contributed by atoms with Gasteiger partial charge in [-0.2, -0.15) is 0 Å². The molecular formula is C88H81B3N2O4. The third-order valence-corrected chi connectivity index (χ3v) is 29.4. The lowest BCUT2D eigenvalue weighted by atomic mass is 9.30. The third-order valence-electron chi connectivity index (χ3n) is 29.4. The van der Waals surface area contributed by atoms with Crippen molar-refractivity contribution in [3.8, 4) is 46.0 Å². The van der Waals surface area contributed by atoms with Gasteiger partial charge in [-0.25, -0.2) is 0 Å². The highest BCUT2D eigenvalue weighted by Gasteiger charge is 2.58. The predicted octanol–water partition coefficient (Wildman–Crippen LogP) is 15.9. The van der Waals surface area contributed by atoms with Crippen molar-refractivity contribution in [2.24, 2.45) is 53.3 Å². The first kappa shape index (κ1) is 54.9. The molecule has 0 aromatic heterocycles. The van der Waals surface area contributed by atoms with E-state index in [0.717, 1.165) is 99.3 Å². The van der Waals surface area contributed by atoms with E-state index in [1.807, 2.05) is 0 Å². The topological polar surface area (TPSA) is 43.4 Å². The largest absolute Gasteiger partial charge is 0.458 e. The van der Waals surface area contributed by atoms with Gasteiger partial charge in [0.2, 0.25) is 0 Å². The van der Waals surface area contributed by atoms with E-state index in [-0.39, 0.29) is 36.4 Å². The molecule has 6 nitrogen and oxygen atoms in total. The van der Waals surface area contributed by atoms with Crippen molar-refractivity contribution in [1.82, 2.24) is 0 Å². The highest BCUT2D eigenvalue weighted by molar-refractivity contribution is 7.03. The molecule has 0 amide bonds. The van der Waals surface area contributed by atoms with Crippen LogP contribution < -0.4 is 77.9 Å². The minimum Gasteiger partial charge on any atom is -0.458 e. The molecule has 9 heteroatoms. The number of aryl methyl sites for hydroxylation is 4. The van der Waals surface area contributed by atoms with E-state index >= 15 is 0 Å². The molecular weight excluding hydrogens is 1180 g/mol. The summed E-state index contributed by atoms with van der Waals surface area (Å²) in [7, 11) is 0. The molecule has 0 spiro atoms. The summed E-state index contributed by atoms with van der Waals surface area (Å²) in [6.07, 6.45) is 24.2. The zero-order chi connectivity index (χ0) is 63.4. The average molecular weight is 1260 g/mol. The number of para-hydroxylation sites is 4. The number of benzene rings is 9. The Bertz CT molecular complexity index is 4650. The first-order chi connectivity index (χ1) is 47.4. The van der Waals surface area contributed by atoms with Gasteiger partial charge in [0.15, 0.2) is 0 Å². The highest BCUT2D eigenvalue weighted by atomic mass is 16.5. The van der Waals surface area contributed by atoms with Crippen molar-refractivity contribution in [1.29, 1.82) is 0 Å². The predicted molar refractivity (Wildman–Crippen MR) is 394 cm³/mol. The Balaban J connectivity index is 0.760. The normalized spacial score (nSPS) is 30.6. The van der Waals surface area contributed by atoms with Crippen LogP contribution >= 0.6 is 0 Å². The second kappa shape index (κ2) is 18.8. The third kappa shape index (κ3) is 7.37. The van der Waals surface area contributed by atoms with Crippen molar-refractivity contribution in [2.75, 3.05) is 9.80 Å². The molecule has 0 radical (unpaired) electrons. The molecule has 0 unspecified atom stereocenters. The second-order valence-electron chi connectivity index (χ2n) is 35.1. The molecule has 12 aliphatic carbocycles. The van der Waals surface area contributed by atoms with Crippen molar-refractivity contribution in [3.05, 3.63) is 185 Å². The van der Waals surface area contributed by atoms with Crippen LogP contribution in [-0.4, -0.2) is 20.1 Å². The van der Waals surface area contributed by atoms with Gasteiger partial charge < -0.3 is 28.7 Å². The Morgan fingerprint density at radius 3 is 0.928 bits per heavy atom. The molecule has 12 fully saturated rings. The minimum atomic E-state index is -0.190. The molecule has 476 valence electrons. The lowest BCUT2D eigenvalue weighted by Gasteiger charge is -2.57. The maximum atomic E-state index is 7.92. The molecule has 12 bridgehead atoms. The molecule has 0 saturated heterocycles. The van der Waals surface area contributed by atoms with Crippen LogP contribution in [-0.2, 0) is 16.2 Å². The van der Waals surface area contributed by atoms with Crippen LogP contribution in [0.4, 0.5) is 34.1 Å². The SMILES string of the molecule is Cc1cccc(C)c1N1c2cc3c(cc2B2c4ccccc4Oc4cc(C56CC7CC(CC(C7)C5)C6)cc1c42)B1c2cc4c(cc2Oc2cc(C56CC7CC(CC(C7)C5)C6)cc(c21)O3)N(c1c(C)cccc1C)c1cc(C23CC5CC(CC(C5)C2)C3)cc2c1B4c1ccccc1O2. The Morgan fingerprint density at radius 2 is 0.577 bits per heavy atom. The Labute approximate surface area is 572 Å². The first-order valence-electron chi connectivity index (χ1n) is 37.9. The van der Waals surface area contributed by atoms with E-state index in [0.29, 0.717) is 0 Å². The molecule has 6 heterocycles. The molecule has 0 atom stereocenters. The molecule has 9 aromatic carbocycles. The number of nitrogens with zero attached hydrogens (tertiary/aromatic N) is 2. The Kier molecular flexibility index (Phi) is 10.7. The lowest BCUT2D eigenvalue weighted by Crippen LogP contribution is -2.64. The lowest BCUT2D eigenvalue weighted by molar-refractivity contribution is -0.00540. The number of ether oxygens (including phenoxy) is 4. The van der Waals surface area contributed by atoms with Gasteiger partial charge in [-0.05, 0) is 344 Å². The summed E-state index contributed by atoms with van der Waals surface area (Å²) in [5, 5.41) is 0. The van der Waals surface area contributed by atoms with Crippen LogP contribution in [0.1, 0.15) is 155 Å². The van der Waals surface area contributed by atoms with Crippen molar-refractivity contribution in [2.45, 2.75) is 160 Å². The summed E-state index contributed by atoms with van der Waals surface area (Å²) in [6, 6.07) is 57.7. The van der Waals surface area contributed by atoms with Gasteiger partial charge in [0, 0.05) is 40.3 Å². The van der Waals surface area contributed by atoms with E-state index < -0.39 is 0 Å². The summed E-state index contributed by atoms with van der Waals surface area (Å²) < 4.78 is 30.7. The summed E-state index contributed by atoms with van der Waals surface area (Å²) in [4.78, 5) is 5.38. The molecule has 6 aliphatic heterocycles. The fourth-order valence-corrected chi connectivity index (χ4v) is 27.0. The summed E-state index contributed by atoms with van der Waals surface area (Å²) in [5.74, 6) is 15.2. The van der Waals surface area contributed by atoms with E-state index in [9.17, 15) is 0 Å². The van der Waals surface area contributed by atoms with E-state index in [2.05, 4.69) is 183 Å². The molecule has 97 heavy (non-hydrogen) atoms. The van der Waals surface area contributed by atoms with Crippen LogP contribution in [0.2, 0.25) is 0 Å². The van der Waals surface area contributed by atoms with Crippen LogP contribution in [0.15, 0.2) is 146 Å². The monoisotopic (exact) mass is 1260 g/mol. The van der Waals surface area contributed by atoms with Gasteiger partial charge in [-0.3, -0.25) is 0 Å². The highest BCUT2D eigenvalue weighted by Crippen LogP contribution is 2.65. The first-order valence-corrected chi connectivity index (χ1v) is 37.9. The number of hydrogen-bond acceptors (Lipinski definition) is 6. The second-order valence-corrected chi connectivity index (χ2v) is 35.1. The number of rotatable bonds is 5. The molecule has 9 aromatic rings. The zero-order valence-corrected chi connectivity index (χ0v) is 56.5. The van der Waals surface area contributed by atoms with Crippen LogP contribution in [0.5, 0.6) is 46.0 Å². The summed E-state index contributed by atoms with van der Waals surface area (Å²) in [6.45, 7) is 8.97. The smallest absolute Gasteiger partial charge is 0.260 e. The standard InChI is InChI=1S/C88H81B3N2O4/c1-47-11-9-12-48(2)84(47)92-69-36-75-67(34-65(69)89-63-15-5-7-17-73(63)94-77-30-60(28-71(92)81(77)89)86-38-51-19-52(39-86)21-53(20-51)40-86)91-68-35-66-70(37-76(68)97-80-33-62(32-79(96-75)83(80)91)88-44-57-25-58(45-88)27-59(26-57)46-88)93(85-49(3)13-10-14-50(85)4)72-29-61(87-41-54-22-55(42-87)24-56(23-54)43-87)31-78-82(72)90(66)64-16-6-8-18-74(64)95-78/h5-18,28-37,51-59H,19-27,38-46H2,1-4H3. The fraction of sp³-hybridized carbons (Fsp3) is 0.386. The van der Waals surface area contributed by atoms with Crippen molar-refractivity contribution >= 4 is 103 Å². The Hall–Kier alpha value is -8.03. The fourth-order valence-electron chi connectivity index (χ4n) is 27.0. The van der Waals surface area contributed by atoms with E-state index in [4.69, 9.17) is 18.9 Å². The number of fused-ring (bicyclic) bond motifs is 12. The van der Waals surface area contributed by atoms with Crippen molar-refractivity contribution in [3.63, 3.8) is 0 Å². The molecule has 27 rings (SSSR count). The van der Waals surface area contributed by atoms with Gasteiger partial charge in [0.05, 0.1) is 11.4 Å². The number of hydrogen-bond donors (Lipinski definition) is 0. The number of anilines is 6. The van der Waals surface area contributed by atoms with Gasteiger partial charge in [0.25, 0.3) is 20.1 Å². The van der Waals surface area contributed by atoms with Gasteiger partial charge >= 0.3 is 0 Å². The van der Waals surface area contributed by atoms with Crippen LogP contribution in [0.3, 0.4) is 0 Å². The van der Waals surface area contributed by atoms with Crippen LogP contribution in [0.25, 0.3) is 0 Å². The maximum Gasteiger partial charge on any atom is 0.260 e. The van der Waals surface area contributed by atoms with Gasteiger partial charge in [-0.1, -0.05) is 84.9 Å². The van der Waals surface area contributed by atoms with E-state index in [1.54, 1.807) is 0 Å². The molecule has 18 aliphatic rings. The molecule has 0 N–H and O–H groups in total. The van der Waals surface area contributed by atoms with Crippen LogP contribution in [0, 0.1) is 81.0 Å². The Morgan fingerprint density at radius 1 is 0.278 bits per heavy atom.